The molecule has 0 aliphatic heterocycles. The molecule has 0 saturated heterocycles. The molecule has 3 N–H and O–H groups in total. The van der Waals surface area contributed by atoms with E-state index in [4.69, 9.17) is 5.73 Å². The van der Waals surface area contributed by atoms with Gasteiger partial charge in [-0.1, -0.05) is 33.1 Å². The maximum atomic E-state index is 13.4. The lowest BCUT2D eigenvalue weighted by atomic mass is 10.2. The van der Waals surface area contributed by atoms with Crippen molar-refractivity contribution < 1.29 is 9.72 Å². The molecule has 0 fully saturated rings. The molecule has 33 heavy (non-hydrogen) atoms. The van der Waals surface area contributed by atoms with E-state index < -0.39 is 21.4 Å². The Hall–Kier alpha value is -3.08. The number of nitrogens with one attached hydrogen (secondary N) is 1. The number of hydrogen-bond acceptors (Lipinski definition) is 7. The quantitative estimate of drug-likeness (QED) is 0.206. The highest BCUT2D eigenvalue weighted by Crippen LogP contribution is 2.28. The number of anilines is 2. The molecule has 1 amide bonds. The van der Waals surface area contributed by atoms with Crippen molar-refractivity contribution in [2.45, 2.75) is 69.6 Å². The fraction of sp³-hybridized carbons (Fsp3) is 0.500. The van der Waals surface area contributed by atoms with Crippen LogP contribution in [-0.4, -0.2) is 32.2 Å². The molecule has 0 aliphatic rings. The van der Waals surface area contributed by atoms with Crippen molar-refractivity contribution >= 4 is 34.9 Å². The van der Waals surface area contributed by atoms with Gasteiger partial charge in [0.2, 0.25) is 5.91 Å². The number of nitrogens with two attached hydrogens (primary N) is 1. The second kappa shape index (κ2) is 12.2. The summed E-state index contributed by atoms with van der Waals surface area (Å²) >= 11 is 1.23. The van der Waals surface area contributed by atoms with E-state index >= 15 is 0 Å². The summed E-state index contributed by atoms with van der Waals surface area (Å²) in [4.78, 5) is 53.2. The van der Waals surface area contributed by atoms with Crippen LogP contribution in [-0.2, 0) is 11.3 Å². The van der Waals surface area contributed by atoms with Crippen LogP contribution in [0, 0.1) is 10.1 Å². The molecule has 0 bridgehead atoms. The SMILES string of the molecule is CCCCCN(C(=O)C(C)Sc1ccc([N+](=O)[O-])cc1)c1c(N)n(CCCC)c(=O)[nH]c1=O. The van der Waals surface area contributed by atoms with Gasteiger partial charge in [0.05, 0.1) is 10.2 Å². The molecule has 0 saturated carbocycles. The normalized spacial score (nSPS) is 11.8. The summed E-state index contributed by atoms with van der Waals surface area (Å²) in [6.07, 6.45) is 4.00. The van der Waals surface area contributed by atoms with Crippen molar-refractivity contribution in [3.8, 4) is 0 Å². The van der Waals surface area contributed by atoms with E-state index in [1.807, 2.05) is 13.8 Å². The number of carbonyl (C=O) groups is 1. The highest BCUT2D eigenvalue weighted by Gasteiger charge is 2.28. The lowest BCUT2D eigenvalue weighted by Gasteiger charge is -2.27. The number of hydrogen-bond donors (Lipinski definition) is 2. The van der Waals surface area contributed by atoms with Crippen LogP contribution in [0.25, 0.3) is 0 Å². The lowest BCUT2D eigenvalue weighted by molar-refractivity contribution is -0.384. The van der Waals surface area contributed by atoms with Crippen LogP contribution in [0.2, 0.25) is 0 Å². The van der Waals surface area contributed by atoms with Crippen molar-refractivity contribution in [3.63, 3.8) is 0 Å². The molecule has 1 atom stereocenters. The van der Waals surface area contributed by atoms with Crippen molar-refractivity contribution in [1.29, 1.82) is 0 Å². The number of aromatic nitrogens is 2. The Balaban J connectivity index is 2.38. The highest BCUT2D eigenvalue weighted by atomic mass is 32.2. The molecule has 2 aromatic rings. The van der Waals surface area contributed by atoms with Gasteiger partial charge in [-0.25, -0.2) is 4.79 Å². The number of nitrogens with zero attached hydrogens (tertiary/aromatic N) is 3. The Kier molecular flexibility index (Phi) is 9.71. The van der Waals surface area contributed by atoms with Gasteiger partial charge >= 0.3 is 5.69 Å². The summed E-state index contributed by atoms with van der Waals surface area (Å²) in [5, 5.41) is 10.3. The van der Waals surface area contributed by atoms with Gasteiger partial charge in [0.25, 0.3) is 11.2 Å². The number of rotatable bonds is 12. The predicted molar refractivity (Wildman–Crippen MR) is 131 cm³/mol. The Morgan fingerprint density at radius 3 is 2.39 bits per heavy atom. The maximum Gasteiger partial charge on any atom is 0.330 e. The second-order valence-electron chi connectivity index (χ2n) is 7.71. The zero-order valence-corrected chi connectivity index (χ0v) is 20.0. The molecule has 1 heterocycles. The number of nitro benzene ring substituents is 1. The molecule has 1 aromatic carbocycles. The number of aromatic amines is 1. The first-order valence-electron chi connectivity index (χ1n) is 11.1. The number of thioether (sulfide) groups is 1. The first kappa shape index (κ1) is 26.2. The monoisotopic (exact) mass is 477 g/mol. The van der Waals surface area contributed by atoms with E-state index in [0.717, 1.165) is 19.3 Å². The van der Waals surface area contributed by atoms with Crippen molar-refractivity contribution in [1.82, 2.24) is 9.55 Å². The summed E-state index contributed by atoms with van der Waals surface area (Å²) in [6, 6.07) is 5.93. The van der Waals surface area contributed by atoms with Gasteiger partial charge in [0.15, 0.2) is 5.69 Å². The minimum absolute atomic E-state index is 0.0112. The van der Waals surface area contributed by atoms with Crippen LogP contribution in [0.3, 0.4) is 0 Å². The lowest BCUT2D eigenvalue weighted by Crippen LogP contribution is -2.44. The van der Waals surface area contributed by atoms with Crippen LogP contribution < -0.4 is 21.9 Å². The molecule has 0 spiro atoms. The summed E-state index contributed by atoms with van der Waals surface area (Å²) in [6.45, 7) is 6.35. The molecular weight excluding hydrogens is 446 g/mol. The van der Waals surface area contributed by atoms with Gasteiger partial charge in [-0.3, -0.25) is 29.3 Å². The summed E-state index contributed by atoms with van der Waals surface area (Å²) < 4.78 is 1.30. The van der Waals surface area contributed by atoms with Gasteiger partial charge in [0, 0.05) is 30.1 Å². The fourth-order valence-electron chi connectivity index (χ4n) is 3.35. The standard InChI is InChI=1S/C22H31N5O5S/c1-4-6-8-14-25(18-19(23)26(13-7-5-2)22(30)24-20(18)28)21(29)15(3)33-17-11-9-16(10-12-17)27(31)32/h9-12,15H,4-8,13-14,23H2,1-3H3,(H,24,28,30). The van der Waals surface area contributed by atoms with E-state index in [1.54, 1.807) is 19.1 Å². The molecule has 1 unspecified atom stereocenters. The van der Waals surface area contributed by atoms with Gasteiger partial charge in [0.1, 0.15) is 5.82 Å². The van der Waals surface area contributed by atoms with E-state index in [1.165, 1.54) is 33.4 Å². The molecular formula is C22H31N5O5S. The molecule has 180 valence electrons. The Labute approximate surface area is 196 Å². The first-order chi connectivity index (χ1) is 15.7. The van der Waals surface area contributed by atoms with Crippen molar-refractivity contribution in [3.05, 3.63) is 55.2 Å². The van der Waals surface area contributed by atoms with Crippen molar-refractivity contribution in [2.24, 2.45) is 0 Å². The average Bonchev–Trinajstić information content (AvgIpc) is 2.77. The smallest absolute Gasteiger partial charge is 0.330 e. The number of H-pyrrole nitrogens is 1. The Bertz CT molecular complexity index is 1080. The second-order valence-corrected chi connectivity index (χ2v) is 9.12. The first-order valence-corrected chi connectivity index (χ1v) is 11.9. The molecule has 0 aliphatic carbocycles. The summed E-state index contributed by atoms with van der Waals surface area (Å²) in [5.74, 6) is -0.345. The topological polar surface area (TPSA) is 144 Å². The van der Waals surface area contributed by atoms with E-state index in [0.29, 0.717) is 24.3 Å². The predicted octanol–water partition coefficient (Wildman–Crippen LogP) is 3.53. The minimum atomic E-state index is -0.692. The van der Waals surface area contributed by atoms with Gasteiger partial charge < -0.3 is 10.6 Å². The fourth-order valence-corrected chi connectivity index (χ4v) is 4.28. The number of nitro groups is 1. The molecule has 2 rings (SSSR count). The zero-order valence-electron chi connectivity index (χ0n) is 19.2. The van der Waals surface area contributed by atoms with E-state index in [-0.39, 0.29) is 29.6 Å². The Morgan fingerprint density at radius 1 is 1.18 bits per heavy atom. The van der Waals surface area contributed by atoms with Gasteiger partial charge in [-0.05, 0) is 31.9 Å². The zero-order chi connectivity index (χ0) is 24.5. The highest BCUT2D eigenvalue weighted by molar-refractivity contribution is 8.00. The third kappa shape index (κ3) is 6.70. The van der Waals surface area contributed by atoms with Crippen LogP contribution in [0.15, 0.2) is 38.8 Å². The van der Waals surface area contributed by atoms with Crippen molar-refractivity contribution in [2.75, 3.05) is 17.2 Å². The van der Waals surface area contributed by atoms with Crippen LogP contribution in [0.1, 0.15) is 52.9 Å². The molecule has 10 nitrogen and oxygen atoms in total. The number of amides is 1. The number of unbranched alkanes of at least 4 members (excludes halogenated alkanes) is 3. The third-order valence-corrected chi connectivity index (χ3v) is 6.28. The van der Waals surface area contributed by atoms with Crippen LogP contribution >= 0.6 is 11.8 Å². The number of nitrogen functional groups attached to an aromatic ring is 1. The van der Waals surface area contributed by atoms with Gasteiger partial charge in [-0.2, -0.15) is 0 Å². The van der Waals surface area contributed by atoms with Crippen LogP contribution in [0.5, 0.6) is 0 Å². The average molecular weight is 478 g/mol. The van der Waals surface area contributed by atoms with E-state index in [2.05, 4.69) is 4.98 Å². The summed E-state index contributed by atoms with van der Waals surface area (Å²) in [5.41, 5.74) is 4.91. The minimum Gasteiger partial charge on any atom is -0.383 e. The number of carbonyl (C=O) groups excluding carboxylic acids is 1. The molecule has 0 radical (unpaired) electrons. The number of benzene rings is 1. The van der Waals surface area contributed by atoms with Gasteiger partial charge in [-0.15, -0.1) is 11.8 Å². The molecule has 1 aromatic heterocycles. The molecule has 11 heteroatoms. The summed E-state index contributed by atoms with van der Waals surface area (Å²) in [7, 11) is 0. The maximum absolute atomic E-state index is 13.4. The largest absolute Gasteiger partial charge is 0.383 e. The number of non-ortho nitro benzene ring substituents is 1. The van der Waals surface area contributed by atoms with Crippen LogP contribution in [0.4, 0.5) is 17.2 Å². The Morgan fingerprint density at radius 2 is 1.82 bits per heavy atom. The van der Waals surface area contributed by atoms with E-state index in [9.17, 15) is 24.5 Å². The third-order valence-electron chi connectivity index (χ3n) is 5.18.